The first-order chi connectivity index (χ1) is 14.1. The topological polar surface area (TPSA) is 52.7 Å². The van der Waals surface area contributed by atoms with Gasteiger partial charge in [-0.2, -0.15) is 0 Å². The van der Waals surface area contributed by atoms with Crippen LogP contribution in [0.15, 0.2) is 66.7 Å². The smallest absolute Gasteiger partial charge is 0.170 e. The minimum absolute atomic E-state index is 0.608. The lowest BCUT2D eigenvalue weighted by atomic mass is 10.1. The molecule has 3 aromatic carbocycles. The third-order valence-electron chi connectivity index (χ3n) is 5.07. The summed E-state index contributed by atoms with van der Waals surface area (Å²) < 4.78 is 0. The quantitative estimate of drug-likeness (QED) is 0.394. The maximum absolute atomic E-state index is 5.51. The van der Waals surface area contributed by atoms with Crippen molar-refractivity contribution in [3.8, 4) is 11.4 Å². The third-order valence-corrected chi connectivity index (χ3v) is 5.32. The lowest BCUT2D eigenvalue weighted by Crippen LogP contribution is -2.30. The number of fused-ring (bicyclic) bond motifs is 1. The zero-order valence-corrected chi connectivity index (χ0v) is 17.4. The summed E-state index contributed by atoms with van der Waals surface area (Å²) in [5, 5.41) is 7.22. The molecule has 29 heavy (non-hydrogen) atoms. The zero-order chi connectivity index (χ0) is 20.2. The van der Waals surface area contributed by atoms with E-state index in [0.717, 1.165) is 41.1 Å². The number of anilines is 1. The summed E-state index contributed by atoms with van der Waals surface area (Å²) in [6, 6.07) is 22.7. The molecule has 0 saturated heterocycles. The van der Waals surface area contributed by atoms with Crippen LogP contribution in [0.3, 0.4) is 0 Å². The van der Waals surface area contributed by atoms with Gasteiger partial charge in [0.15, 0.2) is 5.11 Å². The van der Waals surface area contributed by atoms with E-state index in [9.17, 15) is 0 Å². The fourth-order valence-electron chi connectivity index (χ4n) is 3.33. The van der Waals surface area contributed by atoms with Gasteiger partial charge < -0.3 is 15.6 Å². The average molecular weight is 401 g/mol. The second-order valence-electron chi connectivity index (χ2n) is 7.20. The maximum atomic E-state index is 5.51. The molecule has 0 spiro atoms. The monoisotopic (exact) mass is 400 g/mol. The molecule has 0 amide bonds. The average Bonchev–Trinajstić information content (AvgIpc) is 3.12. The molecule has 0 aliphatic carbocycles. The summed E-state index contributed by atoms with van der Waals surface area (Å²) in [5.74, 6) is 0.834. The number of rotatable bonds is 5. The maximum Gasteiger partial charge on any atom is 0.170 e. The number of aromatic amines is 1. The summed E-state index contributed by atoms with van der Waals surface area (Å²) in [5.41, 5.74) is 7.72. The van der Waals surface area contributed by atoms with Crippen LogP contribution in [-0.4, -0.2) is 21.6 Å². The molecule has 0 aliphatic heterocycles. The van der Waals surface area contributed by atoms with Crippen LogP contribution in [0, 0.1) is 13.8 Å². The van der Waals surface area contributed by atoms with E-state index in [1.165, 1.54) is 16.7 Å². The lowest BCUT2D eigenvalue weighted by Gasteiger charge is -2.13. The van der Waals surface area contributed by atoms with Gasteiger partial charge in [-0.1, -0.05) is 42.5 Å². The Bertz CT molecular complexity index is 1110. The molecule has 0 fully saturated rings. The zero-order valence-electron chi connectivity index (χ0n) is 16.6. The van der Waals surface area contributed by atoms with Gasteiger partial charge >= 0.3 is 0 Å². The van der Waals surface area contributed by atoms with Crippen LogP contribution in [0.2, 0.25) is 0 Å². The predicted molar refractivity (Wildman–Crippen MR) is 125 cm³/mol. The van der Waals surface area contributed by atoms with Crippen LogP contribution < -0.4 is 10.6 Å². The Morgan fingerprint density at radius 3 is 2.52 bits per heavy atom. The molecule has 0 saturated carbocycles. The normalized spacial score (nSPS) is 10.8. The van der Waals surface area contributed by atoms with E-state index < -0.39 is 0 Å². The summed E-state index contributed by atoms with van der Waals surface area (Å²) in [6.07, 6.45) is 0.923. The standard InChI is InChI=1S/C24H24N4S/c1-16-14-21-22(15-17(16)2)27-23(26-21)19-10-6-7-11-20(19)28-24(29)25-13-12-18-8-4-3-5-9-18/h3-11,14-15H,12-13H2,1-2H3,(H,26,27)(H2,25,28,29). The Balaban J connectivity index is 1.49. The van der Waals surface area contributed by atoms with Gasteiger partial charge in [-0.25, -0.2) is 4.98 Å². The largest absolute Gasteiger partial charge is 0.362 e. The second kappa shape index (κ2) is 8.45. The van der Waals surface area contributed by atoms with Gasteiger partial charge in [0.1, 0.15) is 5.82 Å². The highest BCUT2D eigenvalue weighted by Gasteiger charge is 2.11. The Labute approximate surface area is 176 Å². The number of para-hydroxylation sites is 1. The van der Waals surface area contributed by atoms with Gasteiger partial charge in [-0.3, -0.25) is 0 Å². The van der Waals surface area contributed by atoms with Gasteiger partial charge in [0.2, 0.25) is 0 Å². The van der Waals surface area contributed by atoms with Crippen molar-refractivity contribution >= 4 is 34.1 Å². The Hall–Kier alpha value is -3.18. The summed E-state index contributed by atoms with van der Waals surface area (Å²) in [6.45, 7) is 5.00. The molecule has 1 heterocycles. The van der Waals surface area contributed by atoms with E-state index in [4.69, 9.17) is 17.2 Å². The van der Waals surface area contributed by atoms with Crippen molar-refractivity contribution in [2.24, 2.45) is 0 Å². The number of hydrogen-bond donors (Lipinski definition) is 3. The van der Waals surface area contributed by atoms with Crippen LogP contribution in [0.1, 0.15) is 16.7 Å². The number of aromatic nitrogens is 2. The van der Waals surface area contributed by atoms with Gasteiger partial charge in [-0.15, -0.1) is 0 Å². The second-order valence-corrected chi connectivity index (χ2v) is 7.61. The molecule has 4 aromatic rings. The number of aryl methyl sites for hydroxylation is 2. The molecule has 0 unspecified atom stereocenters. The molecular formula is C24H24N4S. The Morgan fingerprint density at radius 2 is 1.69 bits per heavy atom. The highest BCUT2D eigenvalue weighted by molar-refractivity contribution is 7.80. The minimum Gasteiger partial charge on any atom is -0.362 e. The molecule has 0 bridgehead atoms. The van der Waals surface area contributed by atoms with E-state index in [2.05, 4.69) is 65.9 Å². The molecule has 0 aliphatic rings. The third kappa shape index (κ3) is 4.46. The highest BCUT2D eigenvalue weighted by atomic mass is 32.1. The number of hydrogen-bond acceptors (Lipinski definition) is 2. The van der Waals surface area contributed by atoms with Gasteiger partial charge in [-0.05, 0) is 73.4 Å². The molecule has 1 aromatic heterocycles. The number of benzene rings is 3. The predicted octanol–water partition coefficient (Wildman–Crippen LogP) is 5.38. The van der Waals surface area contributed by atoms with Crippen molar-refractivity contribution in [1.29, 1.82) is 0 Å². The molecule has 4 nitrogen and oxygen atoms in total. The number of thiocarbonyl (C=S) groups is 1. The van der Waals surface area contributed by atoms with Crippen molar-refractivity contribution in [2.45, 2.75) is 20.3 Å². The molecule has 0 radical (unpaired) electrons. The first-order valence-corrected chi connectivity index (χ1v) is 10.2. The summed E-state index contributed by atoms with van der Waals surface area (Å²) >= 11 is 5.51. The molecule has 146 valence electrons. The molecule has 4 rings (SSSR count). The van der Waals surface area contributed by atoms with Crippen molar-refractivity contribution < 1.29 is 0 Å². The molecule has 5 heteroatoms. The summed E-state index contributed by atoms with van der Waals surface area (Å²) in [7, 11) is 0. The van der Waals surface area contributed by atoms with Gasteiger partial charge in [0, 0.05) is 12.1 Å². The fourth-order valence-corrected chi connectivity index (χ4v) is 3.54. The first kappa shape index (κ1) is 19.2. The molecule has 0 atom stereocenters. The fraction of sp³-hybridized carbons (Fsp3) is 0.167. The van der Waals surface area contributed by atoms with Crippen molar-refractivity contribution in [3.05, 3.63) is 83.4 Å². The highest BCUT2D eigenvalue weighted by Crippen LogP contribution is 2.28. The minimum atomic E-state index is 0.608. The Morgan fingerprint density at radius 1 is 0.966 bits per heavy atom. The lowest BCUT2D eigenvalue weighted by molar-refractivity contribution is 0.873. The van der Waals surface area contributed by atoms with Crippen molar-refractivity contribution in [1.82, 2.24) is 15.3 Å². The van der Waals surface area contributed by atoms with E-state index >= 15 is 0 Å². The van der Waals surface area contributed by atoms with Crippen LogP contribution >= 0.6 is 12.2 Å². The van der Waals surface area contributed by atoms with Crippen molar-refractivity contribution in [3.63, 3.8) is 0 Å². The number of nitrogens with one attached hydrogen (secondary N) is 3. The summed E-state index contributed by atoms with van der Waals surface area (Å²) in [4.78, 5) is 8.24. The van der Waals surface area contributed by atoms with Crippen LogP contribution in [0.4, 0.5) is 5.69 Å². The van der Waals surface area contributed by atoms with Crippen molar-refractivity contribution in [2.75, 3.05) is 11.9 Å². The van der Waals surface area contributed by atoms with Crippen LogP contribution in [0.25, 0.3) is 22.4 Å². The van der Waals surface area contributed by atoms with E-state index in [1.54, 1.807) is 0 Å². The SMILES string of the molecule is Cc1cc2nc(-c3ccccc3NC(=S)NCCc3ccccc3)[nH]c2cc1C. The number of nitrogens with zero attached hydrogens (tertiary/aromatic N) is 1. The van der Waals surface area contributed by atoms with E-state index in [-0.39, 0.29) is 0 Å². The van der Waals surface area contributed by atoms with Gasteiger partial charge in [0.05, 0.1) is 16.7 Å². The number of H-pyrrole nitrogens is 1. The van der Waals surface area contributed by atoms with Crippen LogP contribution in [0.5, 0.6) is 0 Å². The first-order valence-electron chi connectivity index (χ1n) is 9.75. The Kier molecular flexibility index (Phi) is 5.58. The van der Waals surface area contributed by atoms with E-state index in [1.807, 2.05) is 30.3 Å². The molecule has 3 N–H and O–H groups in total. The molecular weight excluding hydrogens is 376 g/mol. The van der Waals surface area contributed by atoms with Gasteiger partial charge in [0.25, 0.3) is 0 Å². The number of imidazole rings is 1. The van der Waals surface area contributed by atoms with E-state index in [0.29, 0.717) is 5.11 Å². The van der Waals surface area contributed by atoms with Crippen LogP contribution in [-0.2, 0) is 6.42 Å².